The van der Waals surface area contributed by atoms with Gasteiger partial charge in [-0.25, -0.2) is 9.67 Å². The number of nitrogens with zero attached hydrogens (tertiary/aromatic N) is 3. The number of nitrogens with one attached hydrogen (secondary N) is 1. The predicted molar refractivity (Wildman–Crippen MR) is 76.4 cm³/mol. The predicted octanol–water partition coefficient (Wildman–Crippen LogP) is 0.924. The summed E-state index contributed by atoms with van der Waals surface area (Å²) in [6.07, 6.45) is 2.67. The number of aromatic nitrogens is 3. The summed E-state index contributed by atoms with van der Waals surface area (Å²) in [4.78, 5) is 16.2. The standard InChI is InChI=1S/C13H19N5O2/c1-8(2)18-12-9(6-16-18)4-10(7-15-12)17-13(19)11(5-14)20-3/h4,6-8,11H,5,14H2,1-3H3,(H,17,19). The average Bonchev–Trinajstić information content (AvgIpc) is 2.83. The van der Waals surface area contributed by atoms with Gasteiger partial charge in [-0.3, -0.25) is 4.79 Å². The van der Waals surface area contributed by atoms with Gasteiger partial charge < -0.3 is 15.8 Å². The Hall–Kier alpha value is -1.99. The molecule has 7 heteroatoms. The topological polar surface area (TPSA) is 95.1 Å². The molecule has 1 atom stereocenters. The van der Waals surface area contributed by atoms with E-state index in [0.717, 1.165) is 11.0 Å². The molecule has 108 valence electrons. The summed E-state index contributed by atoms with van der Waals surface area (Å²) in [6, 6.07) is 2.06. The monoisotopic (exact) mass is 277 g/mol. The fraction of sp³-hybridized carbons (Fsp3) is 0.462. The largest absolute Gasteiger partial charge is 0.370 e. The fourth-order valence-corrected chi connectivity index (χ4v) is 1.92. The third-order valence-electron chi connectivity index (χ3n) is 2.98. The van der Waals surface area contributed by atoms with Crippen molar-refractivity contribution in [3.63, 3.8) is 0 Å². The molecule has 0 spiro atoms. The van der Waals surface area contributed by atoms with Crippen LogP contribution in [0.5, 0.6) is 0 Å². The van der Waals surface area contributed by atoms with Crippen LogP contribution in [0.25, 0.3) is 11.0 Å². The number of hydrogen-bond acceptors (Lipinski definition) is 5. The molecular formula is C13H19N5O2. The van der Waals surface area contributed by atoms with Gasteiger partial charge in [0.25, 0.3) is 5.91 Å². The highest BCUT2D eigenvalue weighted by atomic mass is 16.5. The molecule has 0 aliphatic rings. The van der Waals surface area contributed by atoms with Crippen LogP contribution in [0.4, 0.5) is 5.69 Å². The molecule has 2 aromatic heterocycles. The van der Waals surface area contributed by atoms with E-state index in [4.69, 9.17) is 10.5 Å². The number of anilines is 1. The fourth-order valence-electron chi connectivity index (χ4n) is 1.92. The van der Waals surface area contributed by atoms with Crippen molar-refractivity contribution in [3.8, 4) is 0 Å². The van der Waals surface area contributed by atoms with Gasteiger partial charge in [0.05, 0.1) is 18.1 Å². The summed E-state index contributed by atoms with van der Waals surface area (Å²) in [5.41, 5.74) is 6.84. The first-order valence-electron chi connectivity index (χ1n) is 6.43. The lowest BCUT2D eigenvalue weighted by Crippen LogP contribution is -2.35. The minimum absolute atomic E-state index is 0.128. The first kappa shape index (κ1) is 14.4. The van der Waals surface area contributed by atoms with Gasteiger partial charge in [-0.2, -0.15) is 5.10 Å². The lowest BCUT2D eigenvalue weighted by Gasteiger charge is -2.13. The second-order valence-electron chi connectivity index (χ2n) is 4.77. The van der Waals surface area contributed by atoms with Gasteiger partial charge in [-0.05, 0) is 19.9 Å². The summed E-state index contributed by atoms with van der Waals surface area (Å²) in [7, 11) is 1.45. The number of nitrogens with two attached hydrogens (primary N) is 1. The van der Waals surface area contributed by atoms with Crippen LogP contribution < -0.4 is 11.1 Å². The highest BCUT2D eigenvalue weighted by molar-refractivity contribution is 5.95. The van der Waals surface area contributed by atoms with Gasteiger partial charge in [0.2, 0.25) is 0 Å². The molecule has 7 nitrogen and oxygen atoms in total. The van der Waals surface area contributed by atoms with Gasteiger partial charge in [-0.15, -0.1) is 0 Å². The molecule has 0 saturated carbocycles. The zero-order valence-electron chi connectivity index (χ0n) is 11.8. The second-order valence-corrected chi connectivity index (χ2v) is 4.77. The number of amides is 1. The number of rotatable bonds is 5. The first-order chi connectivity index (χ1) is 9.56. The van der Waals surface area contributed by atoms with E-state index >= 15 is 0 Å². The van der Waals surface area contributed by atoms with Gasteiger partial charge in [-0.1, -0.05) is 0 Å². The highest BCUT2D eigenvalue weighted by Crippen LogP contribution is 2.19. The Balaban J connectivity index is 2.22. The van der Waals surface area contributed by atoms with E-state index < -0.39 is 6.10 Å². The van der Waals surface area contributed by atoms with Gasteiger partial charge in [0.1, 0.15) is 6.10 Å². The van der Waals surface area contributed by atoms with Crippen LogP contribution >= 0.6 is 0 Å². The average molecular weight is 277 g/mol. The third kappa shape index (κ3) is 2.78. The van der Waals surface area contributed by atoms with Crippen molar-refractivity contribution >= 4 is 22.6 Å². The molecule has 0 radical (unpaired) electrons. The molecule has 0 aromatic carbocycles. The van der Waals surface area contributed by atoms with Crippen molar-refractivity contribution in [2.24, 2.45) is 5.73 Å². The van der Waals surface area contributed by atoms with Gasteiger partial charge in [0.15, 0.2) is 5.65 Å². The smallest absolute Gasteiger partial charge is 0.254 e. The minimum Gasteiger partial charge on any atom is -0.370 e. The van der Waals surface area contributed by atoms with Crippen molar-refractivity contribution in [1.29, 1.82) is 0 Å². The molecule has 0 fully saturated rings. The molecule has 0 saturated heterocycles. The SMILES string of the molecule is COC(CN)C(=O)Nc1cnc2c(cnn2C(C)C)c1. The lowest BCUT2D eigenvalue weighted by molar-refractivity contribution is -0.125. The van der Waals surface area contributed by atoms with Crippen LogP contribution in [-0.2, 0) is 9.53 Å². The van der Waals surface area contributed by atoms with Gasteiger partial charge >= 0.3 is 0 Å². The zero-order chi connectivity index (χ0) is 14.7. The van der Waals surface area contributed by atoms with Crippen molar-refractivity contribution < 1.29 is 9.53 Å². The number of methoxy groups -OCH3 is 1. The van der Waals surface area contributed by atoms with Crippen molar-refractivity contribution in [2.75, 3.05) is 19.0 Å². The van der Waals surface area contributed by atoms with Crippen molar-refractivity contribution in [3.05, 3.63) is 18.5 Å². The Kier molecular flexibility index (Phi) is 4.31. The first-order valence-corrected chi connectivity index (χ1v) is 6.43. The normalized spacial score (nSPS) is 12.8. The van der Waals surface area contributed by atoms with Crippen LogP contribution in [0.3, 0.4) is 0 Å². The molecule has 1 unspecified atom stereocenters. The minimum atomic E-state index is -0.663. The molecular weight excluding hydrogens is 258 g/mol. The van der Waals surface area contributed by atoms with Gasteiger partial charge in [0, 0.05) is 25.1 Å². The highest BCUT2D eigenvalue weighted by Gasteiger charge is 2.16. The summed E-state index contributed by atoms with van der Waals surface area (Å²) in [5, 5.41) is 7.88. The van der Waals surface area contributed by atoms with E-state index in [0.29, 0.717) is 5.69 Å². The summed E-state index contributed by atoms with van der Waals surface area (Å²) in [6.45, 7) is 4.20. The van der Waals surface area contributed by atoms with E-state index in [1.165, 1.54) is 7.11 Å². The van der Waals surface area contributed by atoms with E-state index in [2.05, 4.69) is 15.4 Å². The Morgan fingerprint density at radius 1 is 1.50 bits per heavy atom. The van der Waals surface area contributed by atoms with E-state index in [-0.39, 0.29) is 18.5 Å². The van der Waals surface area contributed by atoms with Crippen LogP contribution in [0.15, 0.2) is 18.5 Å². The molecule has 20 heavy (non-hydrogen) atoms. The number of hydrogen-bond donors (Lipinski definition) is 2. The Morgan fingerprint density at radius 3 is 2.85 bits per heavy atom. The Bertz CT molecular complexity index is 604. The molecule has 2 aromatic rings. The quantitative estimate of drug-likeness (QED) is 0.847. The summed E-state index contributed by atoms with van der Waals surface area (Å²) in [5.74, 6) is -0.285. The van der Waals surface area contributed by atoms with E-state index in [1.807, 2.05) is 24.6 Å². The number of pyridine rings is 1. The zero-order valence-corrected chi connectivity index (χ0v) is 11.8. The lowest BCUT2D eigenvalue weighted by atomic mass is 10.3. The number of ether oxygens (including phenoxy) is 1. The van der Waals surface area contributed by atoms with Crippen LogP contribution in [0, 0.1) is 0 Å². The number of carbonyl (C=O) groups is 1. The van der Waals surface area contributed by atoms with Crippen LogP contribution in [0.2, 0.25) is 0 Å². The molecule has 1 amide bonds. The Labute approximate surface area is 117 Å². The van der Waals surface area contributed by atoms with Crippen molar-refractivity contribution in [1.82, 2.24) is 14.8 Å². The molecule has 2 rings (SSSR count). The van der Waals surface area contributed by atoms with Crippen LogP contribution in [-0.4, -0.2) is 40.4 Å². The Morgan fingerprint density at radius 2 is 2.25 bits per heavy atom. The number of carbonyl (C=O) groups excluding carboxylic acids is 1. The maximum Gasteiger partial charge on any atom is 0.254 e. The molecule has 0 aliphatic heterocycles. The van der Waals surface area contributed by atoms with E-state index in [9.17, 15) is 4.79 Å². The molecule has 0 aliphatic carbocycles. The second kappa shape index (κ2) is 5.98. The summed E-state index contributed by atoms with van der Waals surface area (Å²) >= 11 is 0. The molecule has 3 N–H and O–H groups in total. The maximum absolute atomic E-state index is 11.9. The molecule has 2 heterocycles. The summed E-state index contributed by atoms with van der Waals surface area (Å²) < 4.78 is 6.81. The van der Waals surface area contributed by atoms with E-state index in [1.54, 1.807) is 12.4 Å². The third-order valence-corrected chi connectivity index (χ3v) is 2.98. The van der Waals surface area contributed by atoms with Crippen molar-refractivity contribution in [2.45, 2.75) is 26.0 Å². The van der Waals surface area contributed by atoms with Crippen LogP contribution in [0.1, 0.15) is 19.9 Å². The molecule has 0 bridgehead atoms. The number of fused-ring (bicyclic) bond motifs is 1. The maximum atomic E-state index is 11.9.